The maximum atomic E-state index is 11.7. The molecule has 0 aromatic carbocycles. The van der Waals surface area contributed by atoms with Gasteiger partial charge in [0, 0.05) is 41.5 Å². The van der Waals surface area contributed by atoms with Gasteiger partial charge in [-0.25, -0.2) is 4.98 Å². The average molecular weight is 331 g/mol. The van der Waals surface area contributed by atoms with Crippen LogP contribution >= 0.6 is 11.9 Å². The van der Waals surface area contributed by atoms with E-state index in [1.165, 1.54) is 12.8 Å². The summed E-state index contributed by atoms with van der Waals surface area (Å²) in [6.45, 7) is 4.02. The van der Waals surface area contributed by atoms with Crippen molar-refractivity contribution in [3.8, 4) is 0 Å². The number of rotatable bonds is 4. The second-order valence-corrected chi connectivity index (χ2v) is 7.83. The van der Waals surface area contributed by atoms with E-state index in [1.807, 2.05) is 18.0 Å². The number of anilines is 1. The molecule has 1 aliphatic carbocycles. The van der Waals surface area contributed by atoms with Gasteiger partial charge in [-0.3, -0.25) is 9.10 Å². The minimum atomic E-state index is -0.0902. The van der Waals surface area contributed by atoms with Crippen LogP contribution in [0, 0.1) is 6.92 Å². The van der Waals surface area contributed by atoms with Crippen molar-refractivity contribution < 1.29 is 0 Å². The monoisotopic (exact) mass is 331 g/mol. The van der Waals surface area contributed by atoms with Gasteiger partial charge in [0.1, 0.15) is 5.65 Å². The zero-order valence-corrected chi connectivity index (χ0v) is 14.0. The van der Waals surface area contributed by atoms with Gasteiger partial charge in [-0.2, -0.15) is 4.98 Å². The van der Waals surface area contributed by atoms with Crippen molar-refractivity contribution in [1.29, 1.82) is 0 Å². The predicted octanol–water partition coefficient (Wildman–Crippen LogP) is 2.31. The predicted molar refractivity (Wildman–Crippen MR) is 93.7 cm³/mol. The van der Waals surface area contributed by atoms with Crippen LogP contribution in [0.2, 0.25) is 0 Å². The maximum Gasteiger partial charge on any atom is 0.252 e. The molecule has 0 unspecified atom stereocenters. The third-order valence-electron chi connectivity index (χ3n) is 4.39. The number of aryl methyl sites for hydroxylation is 1. The Hall–Kier alpha value is -1.60. The highest BCUT2D eigenvalue weighted by Gasteiger charge is 2.28. The molecule has 1 saturated carbocycles. The van der Waals surface area contributed by atoms with Crippen LogP contribution in [-0.4, -0.2) is 43.6 Å². The number of aromatic nitrogens is 3. The van der Waals surface area contributed by atoms with E-state index < -0.39 is 0 Å². The number of fused-ring (bicyclic) bond motifs is 1. The van der Waals surface area contributed by atoms with Crippen LogP contribution in [0.4, 0.5) is 5.95 Å². The zero-order valence-electron chi connectivity index (χ0n) is 13.2. The van der Waals surface area contributed by atoms with Crippen molar-refractivity contribution >= 4 is 28.9 Å². The van der Waals surface area contributed by atoms with E-state index in [4.69, 9.17) is 0 Å². The second-order valence-electron chi connectivity index (χ2n) is 6.43. The third-order valence-corrected chi connectivity index (χ3v) is 5.82. The number of H-pyrrole nitrogens is 1. The maximum absolute atomic E-state index is 11.7. The fourth-order valence-corrected chi connectivity index (χ4v) is 4.03. The summed E-state index contributed by atoms with van der Waals surface area (Å²) in [6.07, 6.45) is 6.74. The molecule has 1 aliphatic heterocycles. The normalized spacial score (nSPS) is 20.0. The number of nitrogens with one attached hydrogen (secondary N) is 2. The van der Waals surface area contributed by atoms with Gasteiger partial charge in [-0.1, -0.05) is 11.9 Å². The molecule has 2 aromatic heterocycles. The summed E-state index contributed by atoms with van der Waals surface area (Å²) in [5.41, 5.74) is 1.19. The van der Waals surface area contributed by atoms with Crippen LogP contribution in [0.3, 0.4) is 0 Å². The standard InChI is InChI=1S/C16H21N5OS/c1-10-8-11-9-17-16(20-14(11)19-15(10)22)18-12-4-6-21(7-5-12)23-13-2-3-13/h8-9,12-13H,2-7H2,1H3,(H2,17,18,19,20,22). The van der Waals surface area contributed by atoms with Crippen LogP contribution in [0.1, 0.15) is 31.2 Å². The van der Waals surface area contributed by atoms with E-state index >= 15 is 0 Å². The summed E-state index contributed by atoms with van der Waals surface area (Å²) < 4.78 is 2.50. The number of hydrogen-bond acceptors (Lipinski definition) is 6. The first-order valence-electron chi connectivity index (χ1n) is 8.22. The van der Waals surface area contributed by atoms with Crippen LogP contribution in [0.5, 0.6) is 0 Å². The van der Waals surface area contributed by atoms with Crippen LogP contribution in [-0.2, 0) is 0 Å². The summed E-state index contributed by atoms with van der Waals surface area (Å²) in [5.74, 6) is 0.602. The van der Waals surface area contributed by atoms with Crippen molar-refractivity contribution in [2.45, 2.75) is 43.9 Å². The molecule has 2 aromatic rings. The highest BCUT2D eigenvalue weighted by molar-refractivity contribution is 7.97. The molecule has 1 saturated heterocycles. The van der Waals surface area contributed by atoms with E-state index in [9.17, 15) is 4.79 Å². The van der Waals surface area contributed by atoms with E-state index in [-0.39, 0.29) is 5.56 Å². The Kier molecular flexibility index (Phi) is 3.98. The largest absolute Gasteiger partial charge is 0.351 e. The Bertz CT molecular complexity index is 765. The lowest BCUT2D eigenvalue weighted by Gasteiger charge is -2.31. The summed E-state index contributed by atoms with van der Waals surface area (Å²) in [6, 6.07) is 2.23. The molecular formula is C16H21N5OS. The van der Waals surface area contributed by atoms with E-state index in [0.29, 0.717) is 23.2 Å². The first-order chi connectivity index (χ1) is 11.2. The van der Waals surface area contributed by atoms with E-state index in [2.05, 4.69) is 24.6 Å². The van der Waals surface area contributed by atoms with Gasteiger partial charge in [-0.05, 0) is 38.7 Å². The number of nitrogens with zero attached hydrogens (tertiary/aromatic N) is 3. The van der Waals surface area contributed by atoms with Crippen molar-refractivity contribution in [3.05, 3.63) is 28.2 Å². The lowest BCUT2D eigenvalue weighted by Crippen LogP contribution is -2.36. The van der Waals surface area contributed by atoms with Crippen molar-refractivity contribution in [3.63, 3.8) is 0 Å². The van der Waals surface area contributed by atoms with Crippen LogP contribution in [0.15, 0.2) is 17.1 Å². The van der Waals surface area contributed by atoms with Crippen molar-refractivity contribution in [2.24, 2.45) is 0 Å². The SMILES string of the molecule is Cc1cc2cnc(NC3CCN(SC4CC4)CC3)nc2[nH]c1=O. The molecule has 0 spiro atoms. The molecule has 122 valence electrons. The quantitative estimate of drug-likeness (QED) is 0.838. The van der Waals surface area contributed by atoms with Crippen LogP contribution in [0.25, 0.3) is 11.0 Å². The van der Waals surface area contributed by atoms with E-state index in [0.717, 1.165) is 36.6 Å². The minimum Gasteiger partial charge on any atom is -0.351 e. The molecule has 4 rings (SSSR count). The second kappa shape index (κ2) is 6.13. The fraction of sp³-hybridized carbons (Fsp3) is 0.562. The molecule has 6 nitrogen and oxygen atoms in total. The highest BCUT2D eigenvalue weighted by Crippen LogP contribution is 2.37. The van der Waals surface area contributed by atoms with Crippen molar-refractivity contribution in [1.82, 2.24) is 19.3 Å². The van der Waals surface area contributed by atoms with Gasteiger partial charge < -0.3 is 10.3 Å². The summed E-state index contributed by atoms with van der Waals surface area (Å²) in [5, 5.41) is 5.16. The molecule has 0 amide bonds. The Morgan fingerprint density at radius 2 is 2.09 bits per heavy atom. The lowest BCUT2D eigenvalue weighted by atomic mass is 10.1. The lowest BCUT2D eigenvalue weighted by molar-refractivity contribution is 0.357. The number of hydrogen-bond donors (Lipinski definition) is 2. The molecule has 2 N–H and O–H groups in total. The Labute approximate surface area is 139 Å². The smallest absolute Gasteiger partial charge is 0.252 e. The fourth-order valence-electron chi connectivity index (χ4n) is 2.84. The first kappa shape index (κ1) is 15.0. The molecule has 23 heavy (non-hydrogen) atoms. The molecule has 0 bridgehead atoms. The highest BCUT2D eigenvalue weighted by atomic mass is 32.2. The topological polar surface area (TPSA) is 73.9 Å². The summed E-state index contributed by atoms with van der Waals surface area (Å²) >= 11 is 2.03. The van der Waals surface area contributed by atoms with Gasteiger partial charge in [0.25, 0.3) is 5.56 Å². The minimum absolute atomic E-state index is 0.0902. The molecule has 7 heteroatoms. The Morgan fingerprint density at radius 1 is 1.30 bits per heavy atom. The number of pyridine rings is 1. The molecule has 2 aliphatic rings. The van der Waals surface area contributed by atoms with Gasteiger partial charge >= 0.3 is 0 Å². The van der Waals surface area contributed by atoms with Gasteiger partial charge in [-0.15, -0.1) is 0 Å². The molecule has 0 atom stereocenters. The van der Waals surface area contributed by atoms with Gasteiger partial charge in [0.2, 0.25) is 5.95 Å². The molecule has 3 heterocycles. The van der Waals surface area contributed by atoms with Crippen molar-refractivity contribution in [2.75, 3.05) is 18.4 Å². The Balaban J connectivity index is 1.41. The molecular weight excluding hydrogens is 310 g/mol. The van der Waals surface area contributed by atoms with Crippen LogP contribution < -0.4 is 10.9 Å². The third kappa shape index (κ3) is 3.50. The van der Waals surface area contributed by atoms with Gasteiger partial charge in [0.05, 0.1) is 0 Å². The number of piperidine rings is 1. The first-order valence-corrected chi connectivity index (χ1v) is 9.06. The summed E-state index contributed by atoms with van der Waals surface area (Å²) in [7, 11) is 0. The molecule has 2 fully saturated rings. The summed E-state index contributed by atoms with van der Waals surface area (Å²) in [4.78, 5) is 23.4. The van der Waals surface area contributed by atoms with E-state index in [1.54, 1.807) is 13.1 Å². The average Bonchev–Trinajstić information content (AvgIpc) is 3.35. The Morgan fingerprint density at radius 3 is 2.83 bits per heavy atom. The molecule has 0 radical (unpaired) electrons. The van der Waals surface area contributed by atoms with Gasteiger partial charge in [0.15, 0.2) is 0 Å². The zero-order chi connectivity index (χ0) is 15.8. The number of aromatic amines is 1.